The highest BCUT2D eigenvalue weighted by Crippen LogP contribution is 2.48. The number of rotatable bonds is 14. The summed E-state index contributed by atoms with van der Waals surface area (Å²) in [5, 5.41) is 9.08. The molecule has 0 radical (unpaired) electrons. The first-order valence-corrected chi connectivity index (χ1v) is 14.6. The van der Waals surface area contributed by atoms with E-state index in [9.17, 15) is 32.3 Å². The van der Waals surface area contributed by atoms with E-state index in [0.29, 0.717) is 23.6 Å². The van der Waals surface area contributed by atoms with Gasteiger partial charge in [-0.25, -0.2) is 4.79 Å². The molecule has 3 N–H and O–H groups in total. The van der Waals surface area contributed by atoms with Crippen LogP contribution in [0.4, 0.5) is 30.8 Å². The van der Waals surface area contributed by atoms with E-state index in [-0.39, 0.29) is 30.3 Å². The zero-order valence-corrected chi connectivity index (χ0v) is 26.2. The van der Waals surface area contributed by atoms with Gasteiger partial charge in [0.15, 0.2) is 6.61 Å². The third kappa shape index (κ3) is 9.75. The molecule has 17 heteroatoms. The van der Waals surface area contributed by atoms with Crippen LogP contribution in [0.2, 0.25) is 5.02 Å². The number of nitrogens with zero attached hydrogens (tertiary/aromatic N) is 4. The fourth-order valence-corrected chi connectivity index (χ4v) is 4.50. The Bertz CT molecular complexity index is 1620. The number of aromatic nitrogens is 3. The van der Waals surface area contributed by atoms with E-state index in [1.54, 1.807) is 12.1 Å². The number of hydrogen-bond donors (Lipinski definition) is 3. The molecule has 1 aromatic heterocycles. The highest BCUT2D eigenvalue weighted by molar-refractivity contribution is 6.35. The van der Waals surface area contributed by atoms with Crippen molar-refractivity contribution in [3.05, 3.63) is 64.7 Å². The van der Waals surface area contributed by atoms with Crippen LogP contribution in [0.3, 0.4) is 0 Å². The van der Waals surface area contributed by atoms with E-state index in [2.05, 4.69) is 30.9 Å². The van der Waals surface area contributed by atoms with Crippen molar-refractivity contribution < 1.29 is 41.8 Å². The van der Waals surface area contributed by atoms with E-state index in [4.69, 9.17) is 21.1 Å². The molecule has 0 saturated heterocycles. The molecular weight excluding hydrogens is 647 g/mol. The average molecular weight is 678 g/mol. The number of carbonyl (C=O) groups is 4. The topological polar surface area (TPSA) is 165 Å². The molecule has 4 rings (SSSR count). The predicted octanol–water partition coefficient (Wildman–Crippen LogP) is 4.02. The third-order valence-electron chi connectivity index (χ3n) is 6.98. The maximum absolute atomic E-state index is 12.9. The van der Waals surface area contributed by atoms with Gasteiger partial charge in [-0.05, 0) is 61.2 Å². The molecule has 1 saturated carbocycles. The summed E-state index contributed by atoms with van der Waals surface area (Å²) in [5.74, 6) is -3.08. The van der Waals surface area contributed by atoms with Gasteiger partial charge in [0.2, 0.25) is 17.7 Å². The SMILES string of the molecule is COC(=O)[C@H](CCC(=O)C(=O)N(C)C)NC(=O)c1ccc(Nc2nc(NC3(c4ccc(Cl)cc4)CC3)nc(OCC(F)(F)F)n2)cc1. The summed E-state index contributed by atoms with van der Waals surface area (Å²) in [6.45, 7) is -1.62. The fraction of sp³-hybridized carbons (Fsp3) is 0.367. The molecule has 2 aromatic carbocycles. The van der Waals surface area contributed by atoms with Crippen LogP contribution >= 0.6 is 11.6 Å². The molecule has 1 atom stereocenters. The number of methoxy groups -OCH3 is 1. The highest BCUT2D eigenvalue weighted by atomic mass is 35.5. The number of halogens is 4. The van der Waals surface area contributed by atoms with Crippen molar-refractivity contribution in [2.45, 2.75) is 43.4 Å². The summed E-state index contributed by atoms with van der Waals surface area (Å²) in [7, 11) is 3.96. The maximum Gasteiger partial charge on any atom is 0.422 e. The van der Waals surface area contributed by atoms with Crippen molar-refractivity contribution in [2.75, 3.05) is 38.4 Å². The Morgan fingerprint density at radius 1 is 0.979 bits per heavy atom. The summed E-state index contributed by atoms with van der Waals surface area (Å²) in [6, 6.07) is 11.1. The van der Waals surface area contributed by atoms with E-state index in [1.165, 1.54) is 38.4 Å². The van der Waals surface area contributed by atoms with Gasteiger partial charge in [-0.2, -0.15) is 28.1 Å². The van der Waals surface area contributed by atoms with Gasteiger partial charge < -0.3 is 30.3 Å². The molecule has 0 unspecified atom stereocenters. The summed E-state index contributed by atoms with van der Waals surface area (Å²) in [4.78, 5) is 62.4. The van der Waals surface area contributed by atoms with Crippen molar-refractivity contribution in [2.24, 2.45) is 0 Å². The minimum atomic E-state index is -4.63. The third-order valence-corrected chi connectivity index (χ3v) is 7.23. The van der Waals surface area contributed by atoms with E-state index in [1.807, 2.05) is 12.1 Å². The molecule has 13 nitrogen and oxygen atoms in total. The number of anilines is 3. The Labute approximate surface area is 272 Å². The molecule has 1 heterocycles. The van der Waals surface area contributed by atoms with Crippen LogP contribution in [0.5, 0.6) is 6.01 Å². The minimum Gasteiger partial charge on any atom is -0.467 e. The summed E-state index contributed by atoms with van der Waals surface area (Å²) in [6.07, 6.45) is -3.65. The maximum atomic E-state index is 12.9. The molecule has 250 valence electrons. The number of ether oxygens (including phenoxy) is 2. The van der Waals surface area contributed by atoms with Gasteiger partial charge in [-0.3, -0.25) is 14.4 Å². The standard InChI is InChI=1S/C30H31ClF3N7O6/c1-41(2)24(44)22(42)13-12-21(25(45)46-3)36-23(43)17-4-10-20(11-5-17)35-26-37-27(39-28(38-26)47-16-30(32,33)34)40-29(14-15-29)18-6-8-19(31)9-7-18/h4-11,21H,12-16H2,1-3H3,(H,36,43)(H2,35,37,38,39,40)/t21-/m0/s1. The van der Waals surface area contributed by atoms with Crippen molar-refractivity contribution in [1.29, 1.82) is 0 Å². The molecule has 1 aliphatic carbocycles. The largest absolute Gasteiger partial charge is 0.467 e. The van der Waals surface area contributed by atoms with Crippen LogP contribution in [0.15, 0.2) is 48.5 Å². The molecule has 0 aliphatic heterocycles. The molecular formula is C30H31ClF3N7O6. The first-order valence-electron chi connectivity index (χ1n) is 14.2. The molecule has 1 fully saturated rings. The molecule has 47 heavy (non-hydrogen) atoms. The Morgan fingerprint density at radius 2 is 1.62 bits per heavy atom. The number of alkyl halides is 3. The van der Waals surface area contributed by atoms with Crippen LogP contribution in [0.25, 0.3) is 0 Å². The number of carbonyl (C=O) groups excluding carboxylic acids is 4. The lowest BCUT2D eigenvalue weighted by Crippen LogP contribution is -2.42. The van der Waals surface area contributed by atoms with Gasteiger partial charge in [0, 0.05) is 36.8 Å². The van der Waals surface area contributed by atoms with E-state index < -0.39 is 53.9 Å². The Morgan fingerprint density at radius 3 is 2.19 bits per heavy atom. The van der Waals surface area contributed by atoms with Gasteiger partial charge in [-0.1, -0.05) is 23.7 Å². The second-order valence-electron chi connectivity index (χ2n) is 10.8. The number of esters is 1. The van der Waals surface area contributed by atoms with Crippen molar-refractivity contribution in [3.63, 3.8) is 0 Å². The number of amides is 2. The predicted molar refractivity (Wildman–Crippen MR) is 163 cm³/mol. The number of nitrogens with one attached hydrogen (secondary N) is 3. The number of Topliss-reactive ketones (excluding diaryl/α,β-unsaturated/α-hetero) is 1. The quantitative estimate of drug-likeness (QED) is 0.167. The molecule has 3 aromatic rings. The lowest BCUT2D eigenvalue weighted by atomic mass is 10.1. The molecule has 0 spiro atoms. The first-order chi connectivity index (χ1) is 22.2. The summed E-state index contributed by atoms with van der Waals surface area (Å²) < 4.78 is 48.2. The van der Waals surface area contributed by atoms with Gasteiger partial charge in [-0.15, -0.1) is 0 Å². The lowest BCUT2D eigenvalue weighted by Gasteiger charge is -2.19. The van der Waals surface area contributed by atoms with E-state index in [0.717, 1.165) is 17.6 Å². The zero-order chi connectivity index (χ0) is 34.4. The summed E-state index contributed by atoms with van der Waals surface area (Å²) in [5.41, 5.74) is 0.839. The molecule has 1 aliphatic rings. The normalized spacial score (nSPS) is 13.9. The Kier molecular flexibility index (Phi) is 10.8. The first kappa shape index (κ1) is 34.9. The fourth-order valence-electron chi connectivity index (χ4n) is 4.37. The monoisotopic (exact) mass is 677 g/mol. The van der Waals surface area contributed by atoms with Crippen molar-refractivity contribution in [1.82, 2.24) is 25.2 Å². The van der Waals surface area contributed by atoms with Crippen LogP contribution in [0, 0.1) is 0 Å². The minimum absolute atomic E-state index is 0.0252. The van der Waals surface area contributed by atoms with Gasteiger partial charge in [0.05, 0.1) is 12.6 Å². The van der Waals surface area contributed by atoms with Crippen LogP contribution in [-0.4, -0.2) is 83.4 Å². The number of hydrogen-bond acceptors (Lipinski definition) is 11. The molecule has 0 bridgehead atoms. The van der Waals surface area contributed by atoms with Gasteiger partial charge >= 0.3 is 18.2 Å². The highest BCUT2D eigenvalue weighted by Gasteiger charge is 2.45. The smallest absolute Gasteiger partial charge is 0.422 e. The zero-order valence-electron chi connectivity index (χ0n) is 25.5. The lowest BCUT2D eigenvalue weighted by molar-refractivity contribution is -0.154. The Balaban J connectivity index is 1.47. The van der Waals surface area contributed by atoms with Gasteiger partial charge in [0.25, 0.3) is 11.8 Å². The van der Waals surface area contributed by atoms with Crippen LogP contribution in [0.1, 0.15) is 41.6 Å². The second kappa shape index (κ2) is 14.6. The van der Waals surface area contributed by atoms with E-state index >= 15 is 0 Å². The van der Waals surface area contributed by atoms with Crippen molar-refractivity contribution >= 4 is 52.8 Å². The number of likely N-dealkylation sites (N-methyl/N-ethyl adjacent to an activating group) is 1. The van der Waals surface area contributed by atoms with Crippen LogP contribution in [-0.2, 0) is 24.7 Å². The van der Waals surface area contributed by atoms with Crippen LogP contribution < -0.4 is 20.7 Å². The van der Waals surface area contributed by atoms with Crippen molar-refractivity contribution in [3.8, 4) is 6.01 Å². The number of benzene rings is 2. The summed E-state index contributed by atoms with van der Waals surface area (Å²) >= 11 is 6.01. The second-order valence-corrected chi connectivity index (χ2v) is 11.2. The molecule has 2 amide bonds. The average Bonchev–Trinajstić information content (AvgIpc) is 3.81. The Hall–Kier alpha value is -4.99. The van der Waals surface area contributed by atoms with Gasteiger partial charge in [0.1, 0.15) is 6.04 Å². The number of ketones is 1.